The van der Waals surface area contributed by atoms with E-state index in [0.29, 0.717) is 48.1 Å². The van der Waals surface area contributed by atoms with Gasteiger partial charge in [-0.1, -0.05) is 19.9 Å². The van der Waals surface area contributed by atoms with Crippen LogP contribution in [0.1, 0.15) is 39.5 Å². The lowest BCUT2D eigenvalue weighted by Gasteiger charge is -2.27. The first kappa shape index (κ1) is 16.9. The van der Waals surface area contributed by atoms with Crippen molar-refractivity contribution >= 4 is 0 Å². The van der Waals surface area contributed by atoms with Gasteiger partial charge >= 0.3 is 0 Å². The normalized spacial score (nSPS) is 43.2. The third-order valence-electron chi connectivity index (χ3n) is 7.00. The van der Waals surface area contributed by atoms with Crippen LogP contribution in [0.2, 0.25) is 0 Å². The lowest BCUT2D eigenvalue weighted by Crippen LogP contribution is -2.27. The van der Waals surface area contributed by atoms with Crippen LogP contribution in [0.25, 0.3) is 0 Å². The molecule has 0 amide bonds. The van der Waals surface area contributed by atoms with Crippen molar-refractivity contribution in [2.24, 2.45) is 23.7 Å². The quantitative estimate of drug-likeness (QED) is 0.719. The van der Waals surface area contributed by atoms with Gasteiger partial charge in [0.25, 0.3) is 0 Å². The highest BCUT2D eigenvalue weighted by Gasteiger charge is 2.47. The Balaban J connectivity index is 1.13. The first-order valence-electron chi connectivity index (χ1n) is 10.3. The summed E-state index contributed by atoms with van der Waals surface area (Å²) in [5, 5.41) is 0. The monoisotopic (exact) mass is 358 g/mol. The summed E-state index contributed by atoms with van der Waals surface area (Å²) in [6.45, 7) is 6.20. The third-order valence-corrected chi connectivity index (χ3v) is 7.00. The Labute approximate surface area is 156 Å². The van der Waals surface area contributed by atoms with E-state index in [0.717, 1.165) is 37.6 Å². The number of ether oxygens (including phenoxy) is 4. The van der Waals surface area contributed by atoms with Gasteiger partial charge in [-0.25, -0.2) is 0 Å². The average Bonchev–Trinajstić information content (AvgIpc) is 3.53. The molecule has 8 unspecified atom stereocenters. The van der Waals surface area contributed by atoms with Crippen molar-refractivity contribution in [1.82, 2.24) is 0 Å². The Morgan fingerprint density at radius 1 is 0.769 bits per heavy atom. The van der Waals surface area contributed by atoms with E-state index in [1.165, 1.54) is 12.8 Å². The van der Waals surface area contributed by atoms with Crippen molar-refractivity contribution in [1.29, 1.82) is 0 Å². The molecule has 0 aromatic heterocycles. The van der Waals surface area contributed by atoms with Crippen molar-refractivity contribution in [2.75, 3.05) is 13.2 Å². The zero-order chi connectivity index (χ0) is 17.7. The number of hydrogen-bond acceptors (Lipinski definition) is 4. The molecule has 2 heterocycles. The van der Waals surface area contributed by atoms with Crippen LogP contribution in [0, 0.1) is 23.7 Å². The van der Waals surface area contributed by atoms with Gasteiger partial charge in [-0.05, 0) is 61.5 Å². The maximum atomic E-state index is 6.10. The molecule has 0 radical (unpaired) electrons. The molecular weight excluding hydrogens is 328 g/mol. The fourth-order valence-electron chi connectivity index (χ4n) is 4.89. The van der Waals surface area contributed by atoms with Gasteiger partial charge in [-0.15, -0.1) is 0 Å². The molecule has 2 saturated carbocycles. The maximum absolute atomic E-state index is 6.10. The Morgan fingerprint density at radius 2 is 1.23 bits per heavy atom. The van der Waals surface area contributed by atoms with Crippen LogP contribution in [0.4, 0.5) is 0 Å². The maximum Gasteiger partial charge on any atom is 0.122 e. The second-order valence-corrected chi connectivity index (χ2v) is 8.94. The summed E-state index contributed by atoms with van der Waals surface area (Å²) >= 11 is 0. The molecule has 2 aliphatic carbocycles. The second-order valence-electron chi connectivity index (χ2n) is 8.94. The van der Waals surface area contributed by atoms with Crippen molar-refractivity contribution in [3.63, 3.8) is 0 Å². The zero-order valence-corrected chi connectivity index (χ0v) is 15.8. The molecule has 0 spiro atoms. The highest BCUT2D eigenvalue weighted by molar-refractivity contribution is 5.33. The number of benzene rings is 1. The van der Waals surface area contributed by atoms with E-state index in [-0.39, 0.29) is 0 Å². The first-order chi connectivity index (χ1) is 12.7. The molecule has 8 atom stereocenters. The van der Waals surface area contributed by atoms with Crippen molar-refractivity contribution in [3.8, 4) is 11.5 Å². The molecule has 4 aliphatic rings. The van der Waals surface area contributed by atoms with Gasteiger partial charge < -0.3 is 18.9 Å². The van der Waals surface area contributed by atoms with E-state index in [1.54, 1.807) is 0 Å². The standard InChI is InChI=1S/C22H30O4/c1-13-6-19-21(25-19)8-15(13)11-23-17-4-3-5-18(10-17)24-12-16-9-22-20(26-22)7-14(16)2/h3-5,10,13-16,19-22H,6-9,11-12H2,1-2H3. The van der Waals surface area contributed by atoms with E-state index >= 15 is 0 Å². The smallest absolute Gasteiger partial charge is 0.122 e. The molecule has 0 bridgehead atoms. The van der Waals surface area contributed by atoms with Gasteiger partial charge in [0.2, 0.25) is 0 Å². The SMILES string of the molecule is CC1CC2OC2CC1COc1cccc(OCC2CC3OC3CC2C)c1. The molecule has 1 aromatic rings. The second kappa shape index (κ2) is 6.72. The minimum absolute atomic E-state index is 0.502. The molecule has 4 fully saturated rings. The van der Waals surface area contributed by atoms with Crippen LogP contribution in [0.3, 0.4) is 0 Å². The van der Waals surface area contributed by atoms with Crippen LogP contribution < -0.4 is 9.47 Å². The topological polar surface area (TPSA) is 43.5 Å². The molecule has 1 aromatic carbocycles. The van der Waals surface area contributed by atoms with Crippen LogP contribution in [-0.2, 0) is 9.47 Å². The molecular formula is C22H30O4. The van der Waals surface area contributed by atoms with E-state index in [4.69, 9.17) is 18.9 Å². The summed E-state index contributed by atoms with van der Waals surface area (Å²) in [5.74, 6) is 4.38. The van der Waals surface area contributed by atoms with Gasteiger partial charge in [0, 0.05) is 6.07 Å². The minimum Gasteiger partial charge on any atom is -0.493 e. The fraction of sp³-hybridized carbons (Fsp3) is 0.727. The van der Waals surface area contributed by atoms with Gasteiger partial charge in [-0.2, -0.15) is 0 Å². The molecule has 26 heavy (non-hydrogen) atoms. The Bertz CT molecular complexity index is 596. The summed E-state index contributed by atoms with van der Waals surface area (Å²) in [4.78, 5) is 0. The molecule has 4 nitrogen and oxygen atoms in total. The van der Waals surface area contributed by atoms with Gasteiger partial charge in [0.15, 0.2) is 0 Å². The summed E-state index contributed by atoms with van der Waals surface area (Å²) in [5.41, 5.74) is 0. The molecule has 2 saturated heterocycles. The molecule has 5 rings (SSSR count). The largest absolute Gasteiger partial charge is 0.493 e. The summed E-state index contributed by atoms with van der Waals surface area (Å²) < 4.78 is 23.6. The highest BCUT2D eigenvalue weighted by atomic mass is 16.6. The Hall–Kier alpha value is -1.26. The predicted molar refractivity (Wildman–Crippen MR) is 98.5 cm³/mol. The first-order valence-corrected chi connectivity index (χ1v) is 10.3. The highest BCUT2D eigenvalue weighted by Crippen LogP contribution is 2.43. The molecule has 4 heteroatoms. The van der Waals surface area contributed by atoms with Gasteiger partial charge in [0.1, 0.15) is 11.5 Å². The van der Waals surface area contributed by atoms with Crippen LogP contribution >= 0.6 is 0 Å². The zero-order valence-electron chi connectivity index (χ0n) is 15.8. The van der Waals surface area contributed by atoms with E-state index in [2.05, 4.69) is 13.8 Å². The van der Waals surface area contributed by atoms with Crippen molar-refractivity contribution in [2.45, 2.75) is 63.9 Å². The van der Waals surface area contributed by atoms with Crippen LogP contribution in [-0.4, -0.2) is 37.6 Å². The summed E-state index contributed by atoms with van der Waals surface area (Å²) in [6.07, 6.45) is 6.74. The van der Waals surface area contributed by atoms with Crippen molar-refractivity contribution < 1.29 is 18.9 Å². The third kappa shape index (κ3) is 3.59. The lowest BCUT2D eigenvalue weighted by molar-refractivity contribution is 0.166. The Kier molecular flexibility index (Phi) is 4.36. The minimum atomic E-state index is 0.502. The van der Waals surface area contributed by atoms with Crippen LogP contribution in [0.5, 0.6) is 11.5 Å². The number of rotatable bonds is 6. The number of fused-ring (bicyclic) bond motifs is 2. The van der Waals surface area contributed by atoms with E-state index in [9.17, 15) is 0 Å². The van der Waals surface area contributed by atoms with Crippen molar-refractivity contribution in [3.05, 3.63) is 24.3 Å². The summed E-state index contributed by atoms with van der Waals surface area (Å²) in [7, 11) is 0. The fourth-order valence-corrected chi connectivity index (χ4v) is 4.89. The number of epoxide rings is 2. The van der Waals surface area contributed by atoms with E-state index < -0.39 is 0 Å². The van der Waals surface area contributed by atoms with E-state index in [1.807, 2.05) is 24.3 Å². The predicted octanol–water partition coefficient (Wildman–Crippen LogP) is 4.07. The number of hydrogen-bond donors (Lipinski definition) is 0. The molecule has 142 valence electrons. The summed E-state index contributed by atoms with van der Waals surface area (Å²) in [6, 6.07) is 8.12. The molecule has 0 N–H and O–H groups in total. The molecule has 2 aliphatic heterocycles. The lowest BCUT2D eigenvalue weighted by atomic mass is 9.81. The average molecular weight is 358 g/mol. The Morgan fingerprint density at radius 3 is 1.73 bits per heavy atom. The van der Waals surface area contributed by atoms with Gasteiger partial charge in [-0.3, -0.25) is 0 Å². The van der Waals surface area contributed by atoms with Crippen LogP contribution in [0.15, 0.2) is 24.3 Å². The van der Waals surface area contributed by atoms with Gasteiger partial charge in [0.05, 0.1) is 37.6 Å².